The van der Waals surface area contributed by atoms with Crippen molar-refractivity contribution in [2.75, 3.05) is 19.5 Å². The molecule has 0 aliphatic rings. The van der Waals surface area contributed by atoms with Crippen LogP contribution in [0.1, 0.15) is 13.8 Å². The van der Waals surface area contributed by atoms with Crippen LogP contribution in [-0.2, 0) is 4.57 Å². The molecule has 0 bridgehead atoms. The van der Waals surface area contributed by atoms with Gasteiger partial charge in [-0.25, -0.2) is 0 Å². The normalized spacial score (nSPS) is 14.0. The Bertz CT molecular complexity index is 152. The van der Waals surface area contributed by atoms with Crippen molar-refractivity contribution < 1.29 is 4.57 Å². The second kappa shape index (κ2) is 3.22. The molecule has 0 N–H and O–H groups in total. The van der Waals surface area contributed by atoms with Gasteiger partial charge in [-0.15, -0.1) is 0 Å². The molecule has 0 saturated heterocycles. The van der Waals surface area contributed by atoms with Crippen molar-refractivity contribution in [1.29, 1.82) is 0 Å². The molecule has 0 aliphatic carbocycles. The van der Waals surface area contributed by atoms with Crippen LogP contribution >= 0.6 is 7.14 Å². The molecule has 0 spiro atoms. The SMILES string of the molecule is C/C=C(\C)CP(C)(C)=O. The molecule has 0 unspecified atom stereocenters. The van der Waals surface area contributed by atoms with Gasteiger partial charge in [0.15, 0.2) is 0 Å². The van der Waals surface area contributed by atoms with Gasteiger partial charge in [-0.2, -0.15) is 0 Å². The smallest absolute Gasteiger partial charge is 0.0857 e. The van der Waals surface area contributed by atoms with E-state index in [4.69, 9.17) is 0 Å². The van der Waals surface area contributed by atoms with Crippen LogP contribution in [0.3, 0.4) is 0 Å². The van der Waals surface area contributed by atoms with Gasteiger partial charge in [0.1, 0.15) is 0 Å². The molecule has 0 atom stereocenters. The summed E-state index contributed by atoms with van der Waals surface area (Å²) in [7, 11) is -1.81. The minimum absolute atomic E-state index is 0.767. The molecule has 2 heteroatoms. The highest BCUT2D eigenvalue weighted by Crippen LogP contribution is 2.37. The summed E-state index contributed by atoms with van der Waals surface area (Å²) in [5.41, 5.74) is 1.23. The van der Waals surface area contributed by atoms with E-state index in [1.807, 2.05) is 33.3 Å². The molecule has 0 heterocycles. The molecule has 0 fully saturated rings. The predicted molar refractivity (Wildman–Crippen MR) is 43.8 cm³/mol. The van der Waals surface area contributed by atoms with Gasteiger partial charge in [0.05, 0.1) is 7.14 Å². The summed E-state index contributed by atoms with van der Waals surface area (Å²) in [6.45, 7) is 7.63. The van der Waals surface area contributed by atoms with Crippen LogP contribution in [0.2, 0.25) is 0 Å². The molecular weight excluding hydrogens is 131 g/mol. The lowest BCUT2D eigenvalue weighted by atomic mass is 10.3. The average molecular weight is 146 g/mol. The van der Waals surface area contributed by atoms with Crippen molar-refractivity contribution >= 4 is 7.14 Å². The Kier molecular flexibility index (Phi) is 3.21. The molecule has 0 aromatic carbocycles. The fourth-order valence-electron chi connectivity index (χ4n) is 0.692. The van der Waals surface area contributed by atoms with Gasteiger partial charge in [0.25, 0.3) is 0 Å². The summed E-state index contributed by atoms with van der Waals surface area (Å²) >= 11 is 0. The Morgan fingerprint density at radius 2 is 2.00 bits per heavy atom. The lowest BCUT2D eigenvalue weighted by molar-refractivity contribution is 0.583. The van der Waals surface area contributed by atoms with Crippen molar-refractivity contribution in [3.8, 4) is 0 Å². The number of rotatable bonds is 2. The lowest BCUT2D eigenvalue weighted by Gasteiger charge is -2.04. The summed E-state index contributed by atoms with van der Waals surface area (Å²) in [5.74, 6) is 0. The fraction of sp³-hybridized carbons (Fsp3) is 0.714. The predicted octanol–water partition coefficient (Wildman–Crippen LogP) is 2.58. The van der Waals surface area contributed by atoms with E-state index in [1.54, 1.807) is 0 Å². The van der Waals surface area contributed by atoms with Crippen LogP contribution in [0.15, 0.2) is 11.6 Å². The molecule has 0 saturated carbocycles. The van der Waals surface area contributed by atoms with Crippen molar-refractivity contribution in [2.45, 2.75) is 13.8 Å². The van der Waals surface area contributed by atoms with Crippen LogP contribution in [0.4, 0.5) is 0 Å². The van der Waals surface area contributed by atoms with Gasteiger partial charge < -0.3 is 4.57 Å². The van der Waals surface area contributed by atoms with E-state index in [9.17, 15) is 4.57 Å². The topological polar surface area (TPSA) is 17.1 Å². The van der Waals surface area contributed by atoms with E-state index in [-0.39, 0.29) is 0 Å². The monoisotopic (exact) mass is 146 g/mol. The summed E-state index contributed by atoms with van der Waals surface area (Å²) in [6, 6.07) is 0. The number of hydrogen-bond acceptors (Lipinski definition) is 1. The first kappa shape index (κ1) is 8.97. The zero-order valence-electron chi connectivity index (χ0n) is 6.64. The third-order valence-electron chi connectivity index (χ3n) is 1.12. The molecular formula is C7H15OP. The Morgan fingerprint density at radius 3 is 2.11 bits per heavy atom. The molecule has 0 aromatic rings. The number of hydrogen-bond donors (Lipinski definition) is 0. The van der Waals surface area contributed by atoms with E-state index in [0.29, 0.717) is 0 Å². The van der Waals surface area contributed by atoms with Gasteiger partial charge >= 0.3 is 0 Å². The van der Waals surface area contributed by atoms with Crippen molar-refractivity contribution in [1.82, 2.24) is 0 Å². The molecule has 0 radical (unpaired) electrons. The van der Waals surface area contributed by atoms with Gasteiger partial charge in [0, 0.05) is 6.16 Å². The largest absolute Gasteiger partial charge is 0.324 e. The molecule has 9 heavy (non-hydrogen) atoms. The van der Waals surface area contributed by atoms with E-state index in [0.717, 1.165) is 6.16 Å². The third kappa shape index (κ3) is 5.85. The second-order valence-corrected chi connectivity index (χ2v) is 6.33. The van der Waals surface area contributed by atoms with E-state index >= 15 is 0 Å². The maximum atomic E-state index is 11.1. The molecule has 0 aliphatic heterocycles. The summed E-state index contributed by atoms with van der Waals surface area (Å²) in [5, 5.41) is 0. The Hall–Kier alpha value is -0.0300. The van der Waals surface area contributed by atoms with Gasteiger partial charge in [-0.05, 0) is 27.2 Å². The maximum absolute atomic E-state index is 11.1. The quantitative estimate of drug-likeness (QED) is 0.432. The standard InChI is InChI=1S/C7H15OP/c1-5-7(2)6-9(3,4)8/h5H,6H2,1-4H3/b7-5+. The first-order valence-corrected chi connectivity index (χ1v) is 5.90. The highest BCUT2D eigenvalue weighted by Gasteiger charge is 2.05. The van der Waals surface area contributed by atoms with Crippen molar-refractivity contribution in [3.05, 3.63) is 11.6 Å². The maximum Gasteiger partial charge on any atom is 0.0857 e. The Morgan fingerprint density at radius 1 is 1.56 bits per heavy atom. The molecule has 0 aromatic heterocycles. The van der Waals surface area contributed by atoms with Crippen LogP contribution < -0.4 is 0 Å². The highest BCUT2D eigenvalue weighted by molar-refractivity contribution is 7.62. The minimum atomic E-state index is -1.81. The molecule has 0 amide bonds. The van der Waals surface area contributed by atoms with Crippen LogP contribution in [0.5, 0.6) is 0 Å². The zero-order chi connectivity index (χ0) is 7.49. The highest BCUT2D eigenvalue weighted by atomic mass is 31.2. The van der Waals surface area contributed by atoms with Gasteiger partial charge in [0.2, 0.25) is 0 Å². The molecule has 1 nitrogen and oxygen atoms in total. The van der Waals surface area contributed by atoms with Gasteiger partial charge in [-0.3, -0.25) is 0 Å². The summed E-state index contributed by atoms with van der Waals surface area (Å²) in [6.07, 6.45) is 2.78. The first-order chi connectivity index (χ1) is 3.95. The van der Waals surface area contributed by atoms with Crippen LogP contribution in [0.25, 0.3) is 0 Å². The van der Waals surface area contributed by atoms with Crippen molar-refractivity contribution in [2.24, 2.45) is 0 Å². The van der Waals surface area contributed by atoms with Crippen LogP contribution in [-0.4, -0.2) is 19.5 Å². The Balaban J connectivity index is 3.90. The van der Waals surface area contributed by atoms with E-state index < -0.39 is 7.14 Å². The van der Waals surface area contributed by atoms with E-state index in [2.05, 4.69) is 0 Å². The lowest BCUT2D eigenvalue weighted by Crippen LogP contribution is -1.86. The third-order valence-corrected chi connectivity index (χ3v) is 2.38. The summed E-state index contributed by atoms with van der Waals surface area (Å²) < 4.78 is 11.1. The summed E-state index contributed by atoms with van der Waals surface area (Å²) in [4.78, 5) is 0. The minimum Gasteiger partial charge on any atom is -0.324 e. The number of allylic oxidation sites excluding steroid dienone is 2. The first-order valence-electron chi connectivity index (χ1n) is 3.11. The van der Waals surface area contributed by atoms with E-state index in [1.165, 1.54) is 5.57 Å². The molecule has 54 valence electrons. The fourth-order valence-corrected chi connectivity index (χ4v) is 2.08. The second-order valence-electron chi connectivity index (χ2n) is 2.87. The van der Waals surface area contributed by atoms with Gasteiger partial charge in [-0.1, -0.05) is 11.6 Å². The van der Waals surface area contributed by atoms with Crippen molar-refractivity contribution in [3.63, 3.8) is 0 Å². The average Bonchev–Trinajstić information content (AvgIpc) is 1.62. The Labute approximate surface area is 57.5 Å². The zero-order valence-corrected chi connectivity index (χ0v) is 7.53. The molecule has 0 rings (SSSR count). The van der Waals surface area contributed by atoms with Crippen LogP contribution in [0, 0.1) is 0 Å².